The number of aromatic nitrogens is 2. The zero-order valence-electron chi connectivity index (χ0n) is 23.3. The fourth-order valence-corrected chi connectivity index (χ4v) is 8.42. The first-order valence-corrected chi connectivity index (χ1v) is 16.1. The molecule has 3 aromatic rings. The van der Waals surface area contributed by atoms with Crippen molar-refractivity contribution in [3.63, 3.8) is 0 Å². The summed E-state index contributed by atoms with van der Waals surface area (Å²) in [6.45, 7) is 2.29. The van der Waals surface area contributed by atoms with Gasteiger partial charge in [-0.2, -0.15) is 0 Å². The molecule has 2 aliphatic heterocycles. The minimum absolute atomic E-state index is 0.0439. The van der Waals surface area contributed by atoms with Crippen LogP contribution >= 0.6 is 22.9 Å². The fraction of sp³-hybridized carbons (Fsp3) is 0.516. The third-order valence-corrected chi connectivity index (χ3v) is 10.7. The van der Waals surface area contributed by atoms with Crippen LogP contribution in [0.1, 0.15) is 72.4 Å². The maximum atomic E-state index is 14.8. The maximum Gasteiger partial charge on any atom is 0.331 e. The number of carboxylic acids is 1. The van der Waals surface area contributed by atoms with Gasteiger partial charge in [-0.1, -0.05) is 34.2 Å². The van der Waals surface area contributed by atoms with Gasteiger partial charge in [-0.25, -0.2) is 14.2 Å². The SMILES string of the molecule is O=C(O)C1=Cc2sc(N3C[C@@H]4C[C@H]3C[C@H]4OCc3c(-c4c(F)cccc4Cl)noc3C3CC3)nc2C(O[C@@H]2CCOC2)C1. The summed E-state index contributed by atoms with van der Waals surface area (Å²) in [5.41, 5.74) is 2.65. The molecule has 0 radical (unpaired) electrons. The Balaban J connectivity index is 0.982. The molecule has 1 unspecified atom stereocenters. The highest BCUT2D eigenvalue weighted by atomic mass is 35.5. The Morgan fingerprint density at radius 2 is 2.14 bits per heavy atom. The Labute approximate surface area is 256 Å². The van der Waals surface area contributed by atoms with Gasteiger partial charge < -0.3 is 28.7 Å². The first-order chi connectivity index (χ1) is 20.9. The molecule has 0 spiro atoms. The van der Waals surface area contributed by atoms with E-state index in [2.05, 4.69) is 10.1 Å². The number of carbonyl (C=O) groups is 1. The molecule has 1 N–H and O–H groups in total. The van der Waals surface area contributed by atoms with E-state index in [1.807, 2.05) is 0 Å². The standard InChI is InChI=1S/C31H31ClFN3O6S/c32-21-2-1-3-22(33)26(21)27-20(29(42-35-27)15-4-5-15)14-40-23-11-18-8-17(23)12-36(18)31-34-28-24(41-19-6-7-39-13-19)9-16(30(37)38)10-25(28)43-31/h1-3,10,15,17-19,23-24H,4-9,11-14H2,(H,37,38)/t17-,18-,19+,23+,24?/m0/s1. The summed E-state index contributed by atoms with van der Waals surface area (Å²) in [5, 5.41) is 15.2. The second kappa shape index (κ2) is 11.0. The molecular formula is C31H31ClFN3O6S. The summed E-state index contributed by atoms with van der Waals surface area (Å²) >= 11 is 7.92. The van der Waals surface area contributed by atoms with Crippen LogP contribution in [0, 0.1) is 11.7 Å². The zero-order chi connectivity index (χ0) is 29.2. The lowest BCUT2D eigenvalue weighted by Gasteiger charge is -2.31. The molecule has 2 saturated heterocycles. The van der Waals surface area contributed by atoms with Crippen LogP contribution in [0.2, 0.25) is 5.02 Å². The molecule has 2 saturated carbocycles. The van der Waals surface area contributed by atoms with E-state index in [0.717, 1.165) is 65.7 Å². The number of rotatable bonds is 9. The quantitative estimate of drug-likeness (QED) is 0.289. The molecule has 9 nitrogen and oxygen atoms in total. The van der Waals surface area contributed by atoms with Gasteiger partial charge in [0.05, 0.1) is 46.6 Å². The van der Waals surface area contributed by atoms with Crippen molar-refractivity contribution in [2.75, 3.05) is 24.7 Å². The molecule has 4 heterocycles. The first kappa shape index (κ1) is 27.7. The van der Waals surface area contributed by atoms with Crippen LogP contribution in [0.4, 0.5) is 9.52 Å². The predicted molar refractivity (Wildman–Crippen MR) is 157 cm³/mol. The van der Waals surface area contributed by atoms with Crippen molar-refractivity contribution < 1.29 is 33.0 Å². The molecule has 2 bridgehead atoms. The number of hydrogen-bond donors (Lipinski definition) is 1. The van der Waals surface area contributed by atoms with Gasteiger partial charge in [0.25, 0.3) is 0 Å². The fourth-order valence-electron chi connectivity index (χ4n) is 7.00. The summed E-state index contributed by atoms with van der Waals surface area (Å²) in [5.74, 6) is 0.0445. The van der Waals surface area contributed by atoms with Crippen LogP contribution in [0.15, 0.2) is 28.3 Å². The Morgan fingerprint density at radius 1 is 1.26 bits per heavy atom. The monoisotopic (exact) mass is 627 g/mol. The smallest absolute Gasteiger partial charge is 0.331 e. The highest BCUT2D eigenvalue weighted by Crippen LogP contribution is 2.48. The molecule has 43 heavy (non-hydrogen) atoms. The van der Waals surface area contributed by atoms with E-state index < -0.39 is 11.8 Å². The molecule has 2 aromatic heterocycles. The molecule has 0 amide bonds. The van der Waals surface area contributed by atoms with Crippen molar-refractivity contribution in [2.24, 2.45) is 5.92 Å². The van der Waals surface area contributed by atoms with Gasteiger partial charge in [-0.3, -0.25) is 0 Å². The van der Waals surface area contributed by atoms with E-state index in [4.69, 9.17) is 35.3 Å². The van der Waals surface area contributed by atoms with E-state index in [1.165, 1.54) is 17.4 Å². The molecule has 4 fully saturated rings. The van der Waals surface area contributed by atoms with Crippen LogP contribution in [-0.2, 0) is 25.6 Å². The van der Waals surface area contributed by atoms with Gasteiger partial charge >= 0.3 is 5.97 Å². The third kappa shape index (κ3) is 5.08. The number of ether oxygens (including phenoxy) is 3. The average Bonchev–Trinajstić information content (AvgIpc) is 3.48. The summed E-state index contributed by atoms with van der Waals surface area (Å²) < 4.78 is 38.8. The predicted octanol–water partition coefficient (Wildman–Crippen LogP) is 6.37. The van der Waals surface area contributed by atoms with Crippen molar-refractivity contribution in [2.45, 2.75) is 75.4 Å². The van der Waals surface area contributed by atoms with Crippen molar-refractivity contribution in [3.8, 4) is 11.3 Å². The van der Waals surface area contributed by atoms with E-state index in [0.29, 0.717) is 54.4 Å². The van der Waals surface area contributed by atoms with E-state index in [1.54, 1.807) is 18.2 Å². The van der Waals surface area contributed by atoms with Crippen LogP contribution in [-0.4, -0.2) is 59.2 Å². The van der Waals surface area contributed by atoms with Crippen molar-refractivity contribution in [3.05, 3.63) is 56.5 Å². The van der Waals surface area contributed by atoms with Gasteiger partial charge in [-0.05, 0) is 50.3 Å². The maximum absolute atomic E-state index is 14.8. The summed E-state index contributed by atoms with van der Waals surface area (Å²) in [6.07, 6.45) is 6.37. The Bertz CT molecular complexity index is 1580. The highest BCUT2D eigenvalue weighted by molar-refractivity contribution is 7.16. The van der Waals surface area contributed by atoms with Gasteiger partial charge in [0.2, 0.25) is 0 Å². The van der Waals surface area contributed by atoms with Crippen molar-refractivity contribution in [1.29, 1.82) is 0 Å². The minimum atomic E-state index is -0.921. The van der Waals surface area contributed by atoms with Gasteiger partial charge in [0.15, 0.2) is 5.13 Å². The number of benzene rings is 1. The lowest BCUT2D eigenvalue weighted by atomic mass is 9.98. The van der Waals surface area contributed by atoms with Crippen LogP contribution in [0.5, 0.6) is 0 Å². The minimum Gasteiger partial charge on any atom is -0.478 e. The molecule has 8 rings (SSSR count). The number of nitrogens with zero attached hydrogens (tertiary/aromatic N) is 3. The topological polar surface area (TPSA) is 107 Å². The number of aliphatic carboxylic acids is 1. The molecular weight excluding hydrogens is 597 g/mol. The molecule has 226 valence electrons. The average molecular weight is 628 g/mol. The lowest BCUT2D eigenvalue weighted by Crippen LogP contribution is -2.38. The van der Waals surface area contributed by atoms with Crippen LogP contribution in [0.3, 0.4) is 0 Å². The number of halogens is 2. The Morgan fingerprint density at radius 3 is 2.86 bits per heavy atom. The van der Waals surface area contributed by atoms with Crippen molar-refractivity contribution in [1.82, 2.24) is 10.1 Å². The summed E-state index contributed by atoms with van der Waals surface area (Å²) in [4.78, 5) is 20.1. The van der Waals surface area contributed by atoms with Gasteiger partial charge in [0, 0.05) is 48.6 Å². The van der Waals surface area contributed by atoms with Gasteiger partial charge in [-0.15, -0.1) is 0 Å². The van der Waals surface area contributed by atoms with E-state index >= 15 is 0 Å². The normalized spacial score (nSPS) is 28.0. The third-order valence-electron chi connectivity index (χ3n) is 9.34. The summed E-state index contributed by atoms with van der Waals surface area (Å²) in [6, 6.07) is 4.90. The zero-order valence-corrected chi connectivity index (χ0v) is 24.9. The molecule has 5 atom stereocenters. The molecule has 1 aromatic carbocycles. The highest BCUT2D eigenvalue weighted by Gasteiger charge is 2.47. The second-order valence-corrected chi connectivity index (χ2v) is 13.6. The number of piperidine rings is 1. The number of anilines is 1. The Kier molecular flexibility index (Phi) is 7.06. The van der Waals surface area contributed by atoms with E-state index in [-0.39, 0.29) is 29.9 Å². The molecule has 3 aliphatic carbocycles. The van der Waals surface area contributed by atoms with Crippen molar-refractivity contribution >= 4 is 40.1 Å². The number of hydrogen-bond acceptors (Lipinski definition) is 9. The first-order valence-electron chi connectivity index (χ1n) is 14.9. The number of fused-ring (bicyclic) bond motifs is 3. The molecule has 12 heteroatoms. The summed E-state index contributed by atoms with van der Waals surface area (Å²) in [7, 11) is 0. The van der Waals surface area contributed by atoms with Crippen LogP contribution < -0.4 is 4.90 Å². The molecule has 5 aliphatic rings. The Hall–Kier alpha value is -2.83. The van der Waals surface area contributed by atoms with Gasteiger partial charge in [0.1, 0.15) is 23.4 Å². The second-order valence-electron chi connectivity index (χ2n) is 12.2. The van der Waals surface area contributed by atoms with E-state index in [9.17, 15) is 14.3 Å². The number of carboxylic acid groups (broad SMARTS) is 1. The lowest BCUT2D eigenvalue weighted by molar-refractivity contribution is -0.133. The van der Waals surface area contributed by atoms with Crippen LogP contribution in [0.25, 0.3) is 17.3 Å². The number of thiazole rings is 1. The largest absolute Gasteiger partial charge is 0.478 e.